The van der Waals surface area contributed by atoms with E-state index in [1.807, 2.05) is 0 Å². The zero-order chi connectivity index (χ0) is 19.4. The van der Waals surface area contributed by atoms with Crippen LogP contribution in [0.5, 0.6) is 0 Å². The molecule has 0 aromatic carbocycles. The van der Waals surface area contributed by atoms with Crippen LogP contribution in [0.1, 0.15) is 25.5 Å². The lowest BCUT2D eigenvalue weighted by Crippen LogP contribution is -2.37. The van der Waals surface area contributed by atoms with Crippen LogP contribution in [0.15, 0.2) is 16.9 Å². The van der Waals surface area contributed by atoms with Gasteiger partial charge in [0.05, 0.1) is 17.4 Å². The number of piperidine rings is 1. The standard InChI is InChI=1S/C16H20N6O5/c1-3-26-16(23)11-4-6-21(7-5-11)15-13(22(24)25)14(17-9-18-15)19-12-8-10(2)27-20-12/h8-9,11H,3-7H2,1-2H3,(H,17,18,19,20). The van der Waals surface area contributed by atoms with E-state index >= 15 is 0 Å². The molecule has 3 heterocycles. The molecule has 0 aliphatic carbocycles. The van der Waals surface area contributed by atoms with Gasteiger partial charge >= 0.3 is 11.7 Å². The van der Waals surface area contributed by atoms with E-state index < -0.39 is 4.92 Å². The monoisotopic (exact) mass is 376 g/mol. The Hall–Kier alpha value is -3.24. The Balaban J connectivity index is 1.80. The Kier molecular flexibility index (Phi) is 5.48. The molecule has 27 heavy (non-hydrogen) atoms. The Morgan fingerprint density at radius 3 is 2.78 bits per heavy atom. The van der Waals surface area contributed by atoms with E-state index in [0.29, 0.717) is 44.1 Å². The molecule has 2 aromatic rings. The minimum absolute atomic E-state index is 0.0332. The smallest absolute Gasteiger partial charge is 0.353 e. The molecule has 1 N–H and O–H groups in total. The van der Waals surface area contributed by atoms with Gasteiger partial charge in [0.2, 0.25) is 11.6 Å². The van der Waals surface area contributed by atoms with Crippen molar-refractivity contribution in [3.8, 4) is 0 Å². The quantitative estimate of drug-likeness (QED) is 0.454. The highest BCUT2D eigenvalue weighted by atomic mass is 16.6. The number of hydrogen-bond donors (Lipinski definition) is 1. The average Bonchev–Trinajstić information content (AvgIpc) is 3.06. The Morgan fingerprint density at radius 1 is 1.44 bits per heavy atom. The maximum atomic E-state index is 11.9. The number of rotatable bonds is 6. The number of nitrogens with one attached hydrogen (secondary N) is 1. The Labute approximate surface area is 154 Å². The van der Waals surface area contributed by atoms with Crippen LogP contribution in [0.3, 0.4) is 0 Å². The summed E-state index contributed by atoms with van der Waals surface area (Å²) in [5, 5.41) is 18.2. The van der Waals surface area contributed by atoms with E-state index in [0.717, 1.165) is 0 Å². The molecule has 144 valence electrons. The van der Waals surface area contributed by atoms with Crippen molar-refractivity contribution in [1.82, 2.24) is 15.1 Å². The fourth-order valence-corrected chi connectivity index (χ4v) is 2.99. The second kappa shape index (κ2) is 7.98. The predicted octanol–water partition coefficient (Wildman–Crippen LogP) is 2.20. The minimum atomic E-state index is -0.526. The van der Waals surface area contributed by atoms with Gasteiger partial charge in [-0.3, -0.25) is 14.9 Å². The first-order valence-corrected chi connectivity index (χ1v) is 8.61. The number of esters is 1. The summed E-state index contributed by atoms with van der Waals surface area (Å²) >= 11 is 0. The van der Waals surface area contributed by atoms with Gasteiger partial charge in [-0.25, -0.2) is 9.97 Å². The number of ether oxygens (including phenoxy) is 1. The molecule has 2 aromatic heterocycles. The molecule has 0 spiro atoms. The van der Waals surface area contributed by atoms with Gasteiger partial charge in [0.1, 0.15) is 12.1 Å². The van der Waals surface area contributed by atoms with Crippen molar-refractivity contribution in [2.24, 2.45) is 5.92 Å². The average molecular weight is 376 g/mol. The minimum Gasteiger partial charge on any atom is -0.466 e. The highest BCUT2D eigenvalue weighted by molar-refractivity contribution is 5.75. The summed E-state index contributed by atoms with van der Waals surface area (Å²) in [5.41, 5.74) is -0.243. The van der Waals surface area contributed by atoms with E-state index in [2.05, 4.69) is 20.4 Å². The van der Waals surface area contributed by atoms with Gasteiger partial charge in [-0.15, -0.1) is 0 Å². The molecular weight excluding hydrogens is 356 g/mol. The number of aromatic nitrogens is 3. The molecule has 1 aliphatic rings. The van der Waals surface area contributed by atoms with Crippen molar-refractivity contribution < 1.29 is 19.0 Å². The molecule has 0 bridgehead atoms. The van der Waals surface area contributed by atoms with Gasteiger partial charge in [0.15, 0.2) is 5.82 Å². The molecule has 11 heteroatoms. The lowest BCUT2D eigenvalue weighted by Gasteiger charge is -2.31. The molecule has 0 unspecified atom stereocenters. The van der Waals surface area contributed by atoms with Crippen molar-refractivity contribution in [1.29, 1.82) is 0 Å². The molecule has 0 atom stereocenters. The summed E-state index contributed by atoms with van der Waals surface area (Å²) in [6.07, 6.45) is 2.35. The van der Waals surface area contributed by atoms with Crippen LogP contribution in [-0.2, 0) is 9.53 Å². The van der Waals surface area contributed by atoms with Gasteiger partial charge < -0.3 is 19.5 Å². The Morgan fingerprint density at radius 2 is 2.19 bits per heavy atom. The number of nitrogens with zero attached hydrogens (tertiary/aromatic N) is 5. The van der Waals surface area contributed by atoms with Crippen LogP contribution < -0.4 is 10.2 Å². The van der Waals surface area contributed by atoms with Crippen LogP contribution in [0.2, 0.25) is 0 Å². The van der Waals surface area contributed by atoms with E-state index in [4.69, 9.17) is 9.26 Å². The van der Waals surface area contributed by atoms with Gasteiger partial charge in [0.25, 0.3) is 0 Å². The summed E-state index contributed by atoms with van der Waals surface area (Å²) in [6, 6.07) is 1.61. The van der Waals surface area contributed by atoms with Crippen molar-refractivity contribution in [3.63, 3.8) is 0 Å². The van der Waals surface area contributed by atoms with Crippen molar-refractivity contribution >= 4 is 29.1 Å². The third-order valence-electron chi connectivity index (χ3n) is 4.27. The fraction of sp³-hybridized carbons (Fsp3) is 0.500. The zero-order valence-corrected chi connectivity index (χ0v) is 15.0. The molecule has 1 fully saturated rings. The molecule has 11 nitrogen and oxygen atoms in total. The number of carbonyl (C=O) groups excluding carboxylic acids is 1. The van der Waals surface area contributed by atoms with Crippen LogP contribution in [0, 0.1) is 23.0 Å². The summed E-state index contributed by atoms with van der Waals surface area (Å²) in [6.45, 7) is 4.74. The molecule has 0 radical (unpaired) electrons. The first-order chi connectivity index (χ1) is 13.0. The second-order valence-electron chi connectivity index (χ2n) is 6.11. The largest absolute Gasteiger partial charge is 0.466 e. The van der Waals surface area contributed by atoms with Gasteiger partial charge in [-0.2, -0.15) is 0 Å². The number of aryl methyl sites for hydroxylation is 1. The lowest BCUT2D eigenvalue weighted by atomic mass is 9.97. The molecule has 1 aliphatic heterocycles. The van der Waals surface area contributed by atoms with E-state index in [9.17, 15) is 14.9 Å². The SMILES string of the molecule is CCOC(=O)C1CCN(c2ncnc(Nc3cc(C)on3)c2[N+](=O)[O-])CC1. The van der Waals surface area contributed by atoms with E-state index in [1.54, 1.807) is 24.8 Å². The fourth-order valence-electron chi connectivity index (χ4n) is 2.99. The number of carbonyl (C=O) groups is 1. The van der Waals surface area contributed by atoms with Crippen LogP contribution in [0.25, 0.3) is 0 Å². The van der Waals surface area contributed by atoms with E-state index in [1.165, 1.54) is 6.33 Å². The first kappa shape index (κ1) is 18.5. The normalized spacial score (nSPS) is 14.8. The maximum Gasteiger partial charge on any atom is 0.353 e. The van der Waals surface area contributed by atoms with Gasteiger partial charge in [-0.05, 0) is 26.7 Å². The van der Waals surface area contributed by atoms with Gasteiger partial charge in [0, 0.05) is 19.2 Å². The van der Waals surface area contributed by atoms with Crippen LogP contribution in [0.4, 0.5) is 23.1 Å². The highest BCUT2D eigenvalue weighted by Crippen LogP contribution is 2.35. The van der Waals surface area contributed by atoms with Crippen molar-refractivity contribution in [2.45, 2.75) is 26.7 Å². The molecule has 1 saturated heterocycles. The number of anilines is 3. The van der Waals surface area contributed by atoms with Crippen LogP contribution in [-0.4, -0.2) is 45.7 Å². The Bertz CT molecular complexity index is 830. The van der Waals surface area contributed by atoms with Crippen LogP contribution >= 0.6 is 0 Å². The summed E-state index contributed by atoms with van der Waals surface area (Å²) in [5.74, 6) is 0.707. The summed E-state index contributed by atoms with van der Waals surface area (Å²) in [7, 11) is 0. The van der Waals surface area contributed by atoms with Crippen molar-refractivity contribution in [3.05, 3.63) is 28.3 Å². The molecule has 0 saturated carbocycles. The summed E-state index contributed by atoms with van der Waals surface area (Å²) in [4.78, 5) is 32.9. The van der Waals surface area contributed by atoms with Crippen molar-refractivity contribution in [2.75, 3.05) is 29.9 Å². The number of hydrogen-bond acceptors (Lipinski definition) is 10. The first-order valence-electron chi connectivity index (χ1n) is 8.61. The molecule has 3 rings (SSSR count). The molecular formula is C16H20N6O5. The lowest BCUT2D eigenvalue weighted by molar-refractivity contribution is -0.383. The third kappa shape index (κ3) is 4.13. The number of nitro groups is 1. The molecule has 0 amide bonds. The predicted molar refractivity (Wildman–Crippen MR) is 94.8 cm³/mol. The highest BCUT2D eigenvalue weighted by Gasteiger charge is 2.32. The topological polar surface area (TPSA) is 137 Å². The van der Waals surface area contributed by atoms with E-state index in [-0.39, 0.29) is 29.2 Å². The summed E-state index contributed by atoms with van der Waals surface area (Å²) < 4.78 is 10.0. The van der Waals surface area contributed by atoms with Gasteiger partial charge in [-0.1, -0.05) is 5.16 Å². The maximum absolute atomic E-state index is 11.9. The third-order valence-corrected chi connectivity index (χ3v) is 4.27. The zero-order valence-electron chi connectivity index (χ0n) is 15.0. The second-order valence-corrected chi connectivity index (χ2v) is 6.11.